The molecule has 0 unspecified atom stereocenters. The van der Waals surface area contributed by atoms with Crippen molar-refractivity contribution < 1.29 is 4.57 Å². The van der Waals surface area contributed by atoms with E-state index in [2.05, 4.69) is 90.1 Å². The van der Waals surface area contributed by atoms with Crippen molar-refractivity contribution in [2.75, 3.05) is 11.4 Å². The van der Waals surface area contributed by atoms with Crippen molar-refractivity contribution in [3.8, 4) is 0 Å². The zero-order valence-corrected chi connectivity index (χ0v) is 17.9. The number of anilines is 1. The Balaban J connectivity index is 1.64. The molecule has 4 rings (SSSR count). The van der Waals surface area contributed by atoms with Gasteiger partial charge in [0.2, 0.25) is 0 Å². The van der Waals surface area contributed by atoms with E-state index in [-0.39, 0.29) is 0 Å². The van der Waals surface area contributed by atoms with Gasteiger partial charge in [-0.1, -0.05) is 0 Å². The summed E-state index contributed by atoms with van der Waals surface area (Å²) >= 11 is 0.825. The van der Waals surface area contributed by atoms with Crippen LogP contribution in [0.15, 0.2) is 65.3 Å². The maximum atomic E-state index is 2.45. The van der Waals surface area contributed by atoms with E-state index in [1.807, 2.05) is 0 Å². The van der Waals surface area contributed by atoms with E-state index in [0.29, 0.717) is 29.5 Å². The van der Waals surface area contributed by atoms with Crippen LogP contribution in [0, 0.1) is 0 Å². The number of fused-ring (bicyclic) bond motifs is 2. The molecule has 1 aliphatic rings. The van der Waals surface area contributed by atoms with Gasteiger partial charge in [0.15, 0.2) is 0 Å². The Morgan fingerprint density at radius 1 is 1.04 bits per heavy atom. The molecule has 0 N–H and O–H groups in total. The van der Waals surface area contributed by atoms with E-state index in [4.69, 9.17) is 0 Å². The van der Waals surface area contributed by atoms with Gasteiger partial charge in [-0.05, 0) is 0 Å². The number of aryl methyl sites for hydroxylation is 1. The van der Waals surface area contributed by atoms with Gasteiger partial charge in [0.1, 0.15) is 0 Å². The van der Waals surface area contributed by atoms with E-state index < -0.39 is 0 Å². The predicted octanol–water partition coefficient (Wildman–Crippen LogP) is 2.93. The zero-order valence-electron chi connectivity index (χ0n) is 14.5. The quantitative estimate of drug-likeness (QED) is 0.430. The molecule has 0 aliphatic carbocycles. The summed E-state index contributed by atoms with van der Waals surface area (Å²) in [7, 11) is 0. The molecule has 4 heteroatoms. The Hall–Kier alpha value is -1.57. The summed E-state index contributed by atoms with van der Waals surface area (Å²) in [6.07, 6.45) is 6.91. The van der Waals surface area contributed by atoms with Crippen LogP contribution in [-0.2, 0) is 6.54 Å². The van der Waals surface area contributed by atoms with E-state index >= 15 is 0 Å². The molecule has 0 fully saturated rings. The number of para-hydroxylation sites is 2. The van der Waals surface area contributed by atoms with Gasteiger partial charge in [-0.15, -0.1) is 0 Å². The molecular formula is C21H21N2Se2+. The number of hydrogen-bond donors (Lipinski definition) is 0. The first-order chi connectivity index (χ1) is 12.3. The van der Waals surface area contributed by atoms with Crippen LogP contribution < -0.4 is 13.9 Å². The summed E-state index contributed by atoms with van der Waals surface area (Å²) in [5.74, 6) is 0. The predicted molar refractivity (Wildman–Crippen MR) is 109 cm³/mol. The average Bonchev–Trinajstić information content (AvgIpc) is 3.18. The van der Waals surface area contributed by atoms with E-state index in [0.717, 1.165) is 13.1 Å². The van der Waals surface area contributed by atoms with Crippen LogP contribution in [0.1, 0.15) is 18.4 Å². The second-order valence-electron chi connectivity index (χ2n) is 5.83. The van der Waals surface area contributed by atoms with Crippen LogP contribution in [0.5, 0.6) is 0 Å². The number of allylic oxidation sites excluding steroid dienone is 2. The summed E-state index contributed by atoms with van der Waals surface area (Å²) in [6, 6.07) is 17.6. The zero-order chi connectivity index (χ0) is 17.2. The Kier molecular flexibility index (Phi) is 4.96. The third-order valence-electron chi connectivity index (χ3n) is 4.38. The Morgan fingerprint density at radius 2 is 1.84 bits per heavy atom. The molecule has 3 aromatic rings. The number of hydrogen-bond acceptors (Lipinski definition) is 1. The monoisotopic (exact) mass is 461 g/mol. The first-order valence-electron chi connectivity index (χ1n) is 8.66. The molecule has 126 valence electrons. The summed E-state index contributed by atoms with van der Waals surface area (Å²) in [4.78, 5) is 2.45. The molecule has 0 radical (unpaired) electrons. The van der Waals surface area contributed by atoms with E-state index in [9.17, 15) is 0 Å². The van der Waals surface area contributed by atoms with Gasteiger partial charge in [0, 0.05) is 0 Å². The van der Waals surface area contributed by atoms with Crippen molar-refractivity contribution in [1.82, 2.24) is 0 Å². The summed E-state index contributed by atoms with van der Waals surface area (Å²) in [5, 5.41) is 0. The minimum atomic E-state index is 0.413. The van der Waals surface area contributed by atoms with Crippen LogP contribution in [0.25, 0.3) is 15.9 Å². The first kappa shape index (κ1) is 16.9. The Labute approximate surface area is 161 Å². The summed E-state index contributed by atoms with van der Waals surface area (Å²) in [6.45, 7) is 6.54. The summed E-state index contributed by atoms with van der Waals surface area (Å²) < 4.78 is 8.36. The second kappa shape index (κ2) is 7.35. The van der Waals surface area contributed by atoms with Crippen LogP contribution in [0.4, 0.5) is 5.69 Å². The molecule has 2 nitrogen and oxygen atoms in total. The van der Waals surface area contributed by atoms with Crippen molar-refractivity contribution in [1.29, 1.82) is 0 Å². The van der Waals surface area contributed by atoms with Gasteiger partial charge in [-0.3, -0.25) is 0 Å². The normalized spacial score (nSPS) is 15.6. The fraction of sp³-hybridized carbons (Fsp3) is 0.190. The number of benzene rings is 2. The topological polar surface area (TPSA) is 7.12 Å². The molecule has 0 atom stereocenters. The van der Waals surface area contributed by atoms with Crippen molar-refractivity contribution >= 4 is 55.5 Å². The molecule has 0 bridgehead atoms. The SMILES string of the molecule is CCN1C(=CC=Cc2[se]c3ccccc3[n+]2CC)[Se]c2ccccc21. The third-order valence-corrected chi connectivity index (χ3v) is 9.13. The van der Waals surface area contributed by atoms with Gasteiger partial charge in [-0.25, -0.2) is 0 Å². The van der Waals surface area contributed by atoms with Gasteiger partial charge in [0.05, 0.1) is 0 Å². The van der Waals surface area contributed by atoms with Gasteiger partial charge in [0.25, 0.3) is 0 Å². The van der Waals surface area contributed by atoms with Crippen LogP contribution >= 0.6 is 0 Å². The standard InChI is InChI=1S/C21H21N2Se2/c1-3-22-16-10-5-7-12-18(16)24-20(22)14-9-15-21-23(4-2)17-11-6-8-13-19(17)25-21/h5-15H,3-4H2,1-2H3/q+1. The van der Waals surface area contributed by atoms with Gasteiger partial charge in [-0.2, -0.15) is 0 Å². The third kappa shape index (κ3) is 3.16. The molecule has 0 spiro atoms. The fourth-order valence-electron chi connectivity index (χ4n) is 3.22. The molecule has 0 saturated carbocycles. The van der Waals surface area contributed by atoms with Crippen molar-refractivity contribution in [3.05, 3.63) is 69.8 Å². The average molecular weight is 459 g/mol. The molecule has 2 heterocycles. The molecule has 1 aromatic heterocycles. The van der Waals surface area contributed by atoms with Crippen molar-refractivity contribution in [2.24, 2.45) is 0 Å². The molecule has 0 saturated heterocycles. The van der Waals surface area contributed by atoms with E-state index in [1.54, 1.807) is 0 Å². The Bertz CT molecular complexity index is 969. The molecule has 1 aliphatic heterocycles. The molecule has 25 heavy (non-hydrogen) atoms. The number of aromatic nitrogens is 1. The molecule has 2 aromatic carbocycles. The fourth-order valence-corrected chi connectivity index (χ4v) is 8.00. The second-order valence-corrected chi connectivity index (χ2v) is 10.3. The Morgan fingerprint density at radius 3 is 2.68 bits per heavy atom. The van der Waals surface area contributed by atoms with Crippen LogP contribution in [-0.4, -0.2) is 36.0 Å². The van der Waals surface area contributed by atoms with Crippen LogP contribution in [0.2, 0.25) is 0 Å². The van der Waals surface area contributed by atoms with Crippen LogP contribution in [0.3, 0.4) is 0 Å². The maximum absolute atomic E-state index is 2.45. The van der Waals surface area contributed by atoms with E-state index in [1.165, 1.54) is 29.1 Å². The molecular weight excluding hydrogens is 438 g/mol. The van der Waals surface area contributed by atoms with Gasteiger partial charge < -0.3 is 0 Å². The minimum absolute atomic E-state index is 0.413. The van der Waals surface area contributed by atoms with Gasteiger partial charge >= 0.3 is 162 Å². The van der Waals surface area contributed by atoms with Crippen molar-refractivity contribution in [3.63, 3.8) is 0 Å². The number of rotatable bonds is 4. The van der Waals surface area contributed by atoms with Crippen molar-refractivity contribution in [2.45, 2.75) is 20.4 Å². The number of nitrogens with zero attached hydrogens (tertiary/aromatic N) is 2. The summed E-state index contributed by atoms with van der Waals surface area (Å²) in [5.41, 5.74) is 2.79. The molecule has 0 amide bonds. The first-order valence-corrected chi connectivity index (χ1v) is 12.1.